The molecule has 0 aliphatic carbocycles. The van der Waals surface area contributed by atoms with Gasteiger partial charge in [-0.2, -0.15) is 0 Å². The van der Waals surface area contributed by atoms with E-state index in [9.17, 15) is 4.79 Å². The molecule has 0 radical (unpaired) electrons. The van der Waals surface area contributed by atoms with Crippen molar-refractivity contribution >= 4 is 11.7 Å². The van der Waals surface area contributed by atoms with Gasteiger partial charge in [0.1, 0.15) is 5.75 Å². The van der Waals surface area contributed by atoms with E-state index in [1.54, 1.807) is 12.0 Å². The fourth-order valence-electron chi connectivity index (χ4n) is 2.35. The molecule has 0 aliphatic rings. The summed E-state index contributed by atoms with van der Waals surface area (Å²) in [6.45, 7) is 5.03. The molecule has 0 aromatic heterocycles. The smallest absolute Gasteiger partial charge is 0.322 e. The number of methoxy groups -OCH3 is 1. The first-order valence-electron chi connectivity index (χ1n) is 7.39. The SMILES string of the molecule is CCN(C(=O)NCc1ccccc1OC)c1cccc(C)c1. The lowest BCUT2D eigenvalue weighted by atomic mass is 10.2. The maximum absolute atomic E-state index is 12.4. The number of para-hydroxylation sites is 1. The third kappa shape index (κ3) is 3.79. The lowest BCUT2D eigenvalue weighted by molar-refractivity contribution is 0.246. The van der Waals surface area contributed by atoms with Crippen molar-refractivity contribution in [2.24, 2.45) is 0 Å². The Morgan fingerprint density at radius 2 is 1.95 bits per heavy atom. The molecule has 0 heterocycles. The maximum Gasteiger partial charge on any atom is 0.322 e. The van der Waals surface area contributed by atoms with Crippen LogP contribution in [0.2, 0.25) is 0 Å². The van der Waals surface area contributed by atoms with Crippen molar-refractivity contribution in [1.82, 2.24) is 5.32 Å². The highest BCUT2D eigenvalue weighted by atomic mass is 16.5. The van der Waals surface area contributed by atoms with Gasteiger partial charge < -0.3 is 10.1 Å². The minimum absolute atomic E-state index is 0.112. The molecule has 0 aliphatic heterocycles. The molecular weight excluding hydrogens is 276 g/mol. The summed E-state index contributed by atoms with van der Waals surface area (Å²) in [7, 11) is 1.63. The molecule has 2 amide bonds. The number of rotatable bonds is 5. The van der Waals surface area contributed by atoms with Crippen LogP contribution in [-0.4, -0.2) is 19.7 Å². The Labute approximate surface area is 131 Å². The third-order valence-corrected chi connectivity index (χ3v) is 3.50. The van der Waals surface area contributed by atoms with Gasteiger partial charge in [0.05, 0.1) is 7.11 Å². The van der Waals surface area contributed by atoms with Crippen LogP contribution in [0, 0.1) is 6.92 Å². The number of aryl methyl sites for hydroxylation is 1. The summed E-state index contributed by atoms with van der Waals surface area (Å²) in [5.41, 5.74) is 2.99. The number of carbonyl (C=O) groups is 1. The third-order valence-electron chi connectivity index (χ3n) is 3.50. The molecule has 1 N–H and O–H groups in total. The molecule has 2 aromatic rings. The molecule has 4 nitrogen and oxygen atoms in total. The van der Waals surface area contributed by atoms with Crippen molar-refractivity contribution in [2.75, 3.05) is 18.6 Å². The van der Waals surface area contributed by atoms with Gasteiger partial charge in [-0.1, -0.05) is 30.3 Å². The van der Waals surface area contributed by atoms with Crippen LogP contribution in [0.1, 0.15) is 18.1 Å². The van der Waals surface area contributed by atoms with E-state index in [4.69, 9.17) is 4.74 Å². The number of urea groups is 1. The van der Waals surface area contributed by atoms with E-state index in [1.165, 1.54) is 0 Å². The highest BCUT2D eigenvalue weighted by Crippen LogP contribution is 2.18. The Morgan fingerprint density at radius 3 is 2.64 bits per heavy atom. The Balaban J connectivity index is 2.07. The molecule has 0 atom stereocenters. The molecule has 0 saturated carbocycles. The summed E-state index contributed by atoms with van der Waals surface area (Å²) in [5, 5.41) is 2.95. The summed E-state index contributed by atoms with van der Waals surface area (Å²) in [4.78, 5) is 14.2. The topological polar surface area (TPSA) is 41.6 Å². The van der Waals surface area contributed by atoms with Crippen LogP contribution in [0.25, 0.3) is 0 Å². The highest BCUT2D eigenvalue weighted by molar-refractivity contribution is 5.91. The molecule has 0 unspecified atom stereocenters. The van der Waals surface area contributed by atoms with Crippen LogP contribution in [-0.2, 0) is 6.54 Å². The molecule has 4 heteroatoms. The van der Waals surface area contributed by atoms with Crippen molar-refractivity contribution < 1.29 is 9.53 Å². The zero-order valence-electron chi connectivity index (χ0n) is 13.3. The Kier molecular flexibility index (Phi) is 5.42. The molecule has 0 spiro atoms. The Morgan fingerprint density at radius 1 is 1.18 bits per heavy atom. The number of benzene rings is 2. The number of anilines is 1. The van der Waals surface area contributed by atoms with Crippen molar-refractivity contribution in [3.63, 3.8) is 0 Å². The fourth-order valence-corrected chi connectivity index (χ4v) is 2.35. The number of hydrogen-bond acceptors (Lipinski definition) is 2. The van der Waals surface area contributed by atoms with Crippen LogP contribution < -0.4 is 15.0 Å². The van der Waals surface area contributed by atoms with Crippen LogP contribution in [0.15, 0.2) is 48.5 Å². The Bertz CT molecular complexity index is 640. The fraction of sp³-hybridized carbons (Fsp3) is 0.278. The second-order valence-corrected chi connectivity index (χ2v) is 5.05. The van der Waals surface area contributed by atoms with Gasteiger partial charge in [0.25, 0.3) is 0 Å². The van der Waals surface area contributed by atoms with Gasteiger partial charge in [-0.15, -0.1) is 0 Å². The van der Waals surface area contributed by atoms with Crippen molar-refractivity contribution in [3.05, 3.63) is 59.7 Å². The molecular formula is C18H22N2O2. The summed E-state index contributed by atoms with van der Waals surface area (Å²) >= 11 is 0. The predicted octanol–water partition coefficient (Wildman–Crippen LogP) is 3.74. The lowest BCUT2D eigenvalue weighted by Gasteiger charge is -2.22. The molecule has 22 heavy (non-hydrogen) atoms. The highest BCUT2D eigenvalue weighted by Gasteiger charge is 2.14. The number of nitrogens with zero attached hydrogens (tertiary/aromatic N) is 1. The van der Waals surface area contributed by atoms with E-state index < -0.39 is 0 Å². The van der Waals surface area contributed by atoms with Crippen molar-refractivity contribution in [2.45, 2.75) is 20.4 Å². The second kappa shape index (κ2) is 7.50. The first kappa shape index (κ1) is 15.9. The predicted molar refractivity (Wildman–Crippen MR) is 89.4 cm³/mol. The van der Waals surface area contributed by atoms with E-state index in [-0.39, 0.29) is 6.03 Å². The molecule has 116 valence electrons. The van der Waals surface area contributed by atoms with Crippen LogP contribution in [0.3, 0.4) is 0 Å². The van der Waals surface area contributed by atoms with E-state index in [0.717, 1.165) is 22.6 Å². The first-order valence-corrected chi connectivity index (χ1v) is 7.39. The van der Waals surface area contributed by atoms with E-state index in [2.05, 4.69) is 5.32 Å². The summed E-state index contributed by atoms with van der Waals surface area (Å²) in [6.07, 6.45) is 0. The van der Waals surface area contributed by atoms with Gasteiger partial charge in [-0.3, -0.25) is 4.90 Å². The molecule has 2 aromatic carbocycles. The zero-order valence-corrected chi connectivity index (χ0v) is 13.3. The van der Waals surface area contributed by atoms with Crippen LogP contribution >= 0.6 is 0 Å². The number of nitrogens with one attached hydrogen (secondary N) is 1. The van der Waals surface area contributed by atoms with E-state index in [1.807, 2.05) is 62.4 Å². The molecule has 0 bridgehead atoms. The van der Waals surface area contributed by atoms with Crippen molar-refractivity contribution in [3.8, 4) is 5.75 Å². The van der Waals surface area contributed by atoms with Crippen molar-refractivity contribution in [1.29, 1.82) is 0 Å². The zero-order chi connectivity index (χ0) is 15.9. The summed E-state index contributed by atoms with van der Waals surface area (Å²) in [5.74, 6) is 0.779. The minimum atomic E-state index is -0.112. The molecule has 0 fully saturated rings. The van der Waals surface area contributed by atoms with Crippen LogP contribution in [0.5, 0.6) is 5.75 Å². The number of hydrogen-bond donors (Lipinski definition) is 1. The standard InChI is InChI=1S/C18H22N2O2/c1-4-20(16-10-7-8-14(2)12-16)18(21)19-13-15-9-5-6-11-17(15)22-3/h5-12H,4,13H2,1-3H3,(H,19,21). The van der Waals surface area contributed by atoms with Gasteiger partial charge in [0.2, 0.25) is 0 Å². The molecule has 2 rings (SSSR count). The van der Waals surface area contributed by atoms with E-state index in [0.29, 0.717) is 13.1 Å². The quantitative estimate of drug-likeness (QED) is 0.913. The van der Waals surface area contributed by atoms with Crippen LogP contribution in [0.4, 0.5) is 10.5 Å². The largest absolute Gasteiger partial charge is 0.496 e. The van der Waals surface area contributed by atoms with Gasteiger partial charge in [-0.25, -0.2) is 4.79 Å². The minimum Gasteiger partial charge on any atom is -0.496 e. The summed E-state index contributed by atoms with van der Waals surface area (Å²) in [6, 6.07) is 15.5. The monoisotopic (exact) mass is 298 g/mol. The van der Waals surface area contributed by atoms with Gasteiger partial charge in [0.15, 0.2) is 0 Å². The van der Waals surface area contributed by atoms with Gasteiger partial charge >= 0.3 is 6.03 Å². The van der Waals surface area contributed by atoms with Gasteiger partial charge in [-0.05, 0) is 37.6 Å². The first-order chi connectivity index (χ1) is 10.7. The number of ether oxygens (including phenoxy) is 1. The summed E-state index contributed by atoms with van der Waals surface area (Å²) < 4.78 is 5.30. The average Bonchev–Trinajstić information content (AvgIpc) is 2.54. The number of carbonyl (C=O) groups excluding carboxylic acids is 1. The van der Waals surface area contributed by atoms with E-state index >= 15 is 0 Å². The number of amides is 2. The molecule has 0 saturated heterocycles. The average molecular weight is 298 g/mol. The second-order valence-electron chi connectivity index (χ2n) is 5.05. The Hall–Kier alpha value is -2.49. The normalized spacial score (nSPS) is 10.1. The van der Waals surface area contributed by atoms with Gasteiger partial charge in [0, 0.05) is 24.3 Å². The maximum atomic E-state index is 12.4. The lowest BCUT2D eigenvalue weighted by Crippen LogP contribution is -2.39.